The van der Waals surface area contributed by atoms with E-state index < -0.39 is 23.7 Å². The van der Waals surface area contributed by atoms with Crippen LogP contribution in [0.4, 0.5) is 13.2 Å². The molecule has 1 atom stereocenters. The maximum absolute atomic E-state index is 12.4. The molecule has 0 aromatic carbocycles. The summed E-state index contributed by atoms with van der Waals surface area (Å²) in [5, 5.41) is 0. The van der Waals surface area contributed by atoms with Gasteiger partial charge in [0.2, 0.25) is 0 Å². The third-order valence-corrected chi connectivity index (χ3v) is 3.31. The van der Waals surface area contributed by atoms with E-state index in [1.165, 1.54) is 12.0 Å². The second-order valence-corrected chi connectivity index (χ2v) is 4.69. The molecule has 0 saturated carbocycles. The van der Waals surface area contributed by atoms with E-state index in [4.69, 9.17) is 0 Å². The van der Waals surface area contributed by atoms with Gasteiger partial charge in [-0.1, -0.05) is 0 Å². The molecule has 1 aromatic heterocycles. The van der Waals surface area contributed by atoms with Gasteiger partial charge in [-0.25, -0.2) is 0 Å². The fourth-order valence-electron chi connectivity index (χ4n) is 2.17. The van der Waals surface area contributed by atoms with E-state index in [2.05, 4.69) is 9.72 Å². The van der Waals surface area contributed by atoms with E-state index in [1.807, 2.05) is 0 Å². The number of hydrogen-bond acceptors (Lipinski definition) is 4. The number of alkyl halides is 3. The molecule has 0 bridgehead atoms. The Morgan fingerprint density at radius 2 is 2.10 bits per heavy atom. The van der Waals surface area contributed by atoms with Gasteiger partial charge in [0.25, 0.3) is 5.91 Å². The summed E-state index contributed by atoms with van der Waals surface area (Å²) in [7, 11) is 1.27. The Hall–Kier alpha value is -2.12. The number of esters is 1. The number of carbonyl (C=O) groups excluding carboxylic acids is 2. The Kier molecular flexibility index (Phi) is 4.15. The molecule has 1 aliphatic rings. The van der Waals surface area contributed by atoms with Gasteiger partial charge in [-0.15, -0.1) is 0 Å². The van der Waals surface area contributed by atoms with Gasteiger partial charge < -0.3 is 9.64 Å². The number of aromatic nitrogens is 1. The minimum atomic E-state index is -4.54. The first kappa shape index (κ1) is 15.3. The summed E-state index contributed by atoms with van der Waals surface area (Å²) >= 11 is 0. The van der Waals surface area contributed by atoms with Crippen molar-refractivity contribution in [3.63, 3.8) is 0 Å². The lowest BCUT2D eigenvalue weighted by Crippen LogP contribution is -2.30. The molecule has 0 spiro atoms. The van der Waals surface area contributed by atoms with Crippen LogP contribution in [0.5, 0.6) is 0 Å². The van der Waals surface area contributed by atoms with Gasteiger partial charge in [0.05, 0.1) is 18.6 Å². The first-order valence-electron chi connectivity index (χ1n) is 6.23. The molecule has 1 saturated heterocycles. The van der Waals surface area contributed by atoms with E-state index in [0.29, 0.717) is 13.0 Å². The molecule has 1 aliphatic heterocycles. The quantitative estimate of drug-likeness (QED) is 0.781. The minimum absolute atomic E-state index is 0.0634. The molecule has 8 heteroatoms. The molecular weight excluding hydrogens is 289 g/mol. The third kappa shape index (κ3) is 3.32. The van der Waals surface area contributed by atoms with Gasteiger partial charge in [-0.3, -0.25) is 14.6 Å². The number of methoxy groups -OCH3 is 1. The number of halogens is 3. The summed E-state index contributed by atoms with van der Waals surface area (Å²) in [5.41, 5.74) is -0.985. The maximum Gasteiger partial charge on any atom is 0.433 e. The molecule has 0 N–H and O–H groups in total. The monoisotopic (exact) mass is 302 g/mol. The van der Waals surface area contributed by atoms with Crippen LogP contribution in [0, 0.1) is 5.92 Å². The highest BCUT2D eigenvalue weighted by atomic mass is 19.4. The normalized spacial score (nSPS) is 18.7. The molecular formula is C13H13F3N2O3. The summed E-state index contributed by atoms with van der Waals surface area (Å²) in [6.07, 6.45) is -3.16. The zero-order valence-electron chi connectivity index (χ0n) is 11.2. The summed E-state index contributed by atoms with van der Waals surface area (Å²) in [4.78, 5) is 28.2. The number of likely N-dealkylation sites (tertiary alicyclic amines) is 1. The van der Waals surface area contributed by atoms with Gasteiger partial charge >= 0.3 is 12.1 Å². The van der Waals surface area contributed by atoms with Crippen molar-refractivity contribution in [3.05, 3.63) is 29.6 Å². The second kappa shape index (κ2) is 5.71. The van der Waals surface area contributed by atoms with E-state index in [1.54, 1.807) is 0 Å². The fourth-order valence-corrected chi connectivity index (χ4v) is 2.17. The molecule has 1 aromatic rings. The van der Waals surface area contributed by atoms with Crippen molar-refractivity contribution in [1.82, 2.24) is 9.88 Å². The highest BCUT2D eigenvalue weighted by molar-refractivity contribution is 5.94. The zero-order valence-corrected chi connectivity index (χ0v) is 11.2. The standard InChI is InChI=1S/C13H13F3N2O3/c1-21-12(20)9-4-5-18(7-9)11(19)8-2-3-10(17-6-8)13(14,15)16/h2-3,6,9H,4-5,7H2,1H3. The molecule has 114 valence electrons. The average Bonchev–Trinajstić information content (AvgIpc) is 2.94. The highest BCUT2D eigenvalue weighted by Gasteiger charge is 2.34. The predicted molar refractivity (Wildman–Crippen MR) is 65.3 cm³/mol. The topological polar surface area (TPSA) is 59.5 Å². The van der Waals surface area contributed by atoms with Crippen LogP contribution in [0.2, 0.25) is 0 Å². The van der Waals surface area contributed by atoms with E-state index in [9.17, 15) is 22.8 Å². The van der Waals surface area contributed by atoms with E-state index >= 15 is 0 Å². The molecule has 0 radical (unpaired) electrons. The summed E-state index contributed by atoms with van der Waals surface area (Å²) in [6.45, 7) is 0.562. The molecule has 0 aliphatic carbocycles. The van der Waals surface area contributed by atoms with Gasteiger partial charge in [0.1, 0.15) is 5.69 Å². The Bertz CT molecular complexity index is 543. The van der Waals surface area contributed by atoms with Crippen molar-refractivity contribution < 1.29 is 27.5 Å². The van der Waals surface area contributed by atoms with E-state index in [-0.39, 0.29) is 18.0 Å². The summed E-state index contributed by atoms with van der Waals surface area (Å²) in [5.74, 6) is -1.22. The van der Waals surface area contributed by atoms with Crippen LogP contribution < -0.4 is 0 Å². The van der Waals surface area contributed by atoms with Crippen LogP contribution in [0.1, 0.15) is 22.5 Å². The Morgan fingerprint density at radius 3 is 2.62 bits per heavy atom. The number of pyridine rings is 1. The predicted octanol–water partition coefficient (Wildman–Crippen LogP) is 1.74. The molecule has 1 unspecified atom stereocenters. The van der Waals surface area contributed by atoms with Crippen LogP contribution >= 0.6 is 0 Å². The lowest BCUT2D eigenvalue weighted by atomic mass is 10.1. The summed E-state index contributed by atoms with van der Waals surface area (Å²) < 4.78 is 41.8. The Labute approximate surface area is 118 Å². The van der Waals surface area contributed by atoms with Crippen molar-refractivity contribution >= 4 is 11.9 Å². The largest absolute Gasteiger partial charge is 0.469 e. The van der Waals surface area contributed by atoms with Gasteiger partial charge in [-0.2, -0.15) is 13.2 Å². The number of amides is 1. The Morgan fingerprint density at radius 1 is 1.38 bits per heavy atom. The van der Waals surface area contributed by atoms with Crippen molar-refractivity contribution in [2.24, 2.45) is 5.92 Å². The van der Waals surface area contributed by atoms with Gasteiger partial charge in [0.15, 0.2) is 0 Å². The molecule has 2 rings (SSSR count). The van der Waals surface area contributed by atoms with Crippen LogP contribution in [0.3, 0.4) is 0 Å². The average molecular weight is 302 g/mol. The third-order valence-electron chi connectivity index (χ3n) is 3.31. The smallest absolute Gasteiger partial charge is 0.433 e. The van der Waals surface area contributed by atoms with Gasteiger partial charge in [0, 0.05) is 19.3 Å². The van der Waals surface area contributed by atoms with Crippen molar-refractivity contribution in [2.75, 3.05) is 20.2 Å². The van der Waals surface area contributed by atoms with Crippen LogP contribution in [-0.4, -0.2) is 42.0 Å². The lowest BCUT2D eigenvalue weighted by molar-refractivity contribution is -0.145. The molecule has 1 amide bonds. The molecule has 2 heterocycles. The van der Waals surface area contributed by atoms with Crippen molar-refractivity contribution in [3.8, 4) is 0 Å². The number of hydrogen-bond donors (Lipinski definition) is 0. The number of ether oxygens (including phenoxy) is 1. The van der Waals surface area contributed by atoms with Crippen LogP contribution in [0.15, 0.2) is 18.3 Å². The first-order chi connectivity index (χ1) is 9.82. The zero-order chi connectivity index (χ0) is 15.6. The number of rotatable bonds is 2. The molecule has 1 fully saturated rings. The number of carbonyl (C=O) groups is 2. The molecule has 21 heavy (non-hydrogen) atoms. The van der Waals surface area contributed by atoms with Crippen molar-refractivity contribution in [1.29, 1.82) is 0 Å². The highest BCUT2D eigenvalue weighted by Crippen LogP contribution is 2.27. The Balaban J connectivity index is 2.06. The minimum Gasteiger partial charge on any atom is -0.469 e. The maximum atomic E-state index is 12.4. The first-order valence-corrected chi connectivity index (χ1v) is 6.23. The van der Waals surface area contributed by atoms with Crippen LogP contribution in [-0.2, 0) is 15.7 Å². The van der Waals surface area contributed by atoms with Crippen molar-refractivity contribution in [2.45, 2.75) is 12.6 Å². The number of nitrogens with zero attached hydrogens (tertiary/aromatic N) is 2. The summed E-state index contributed by atoms with van der Waals surface area (Å²) in [6, 6.07) is 1.85. The van der Waals surface area contributed by atoms with Crippen LogP contribution in [0.25, 0.3) is 0 Å². The SMILES string of the molecule is COC(=O)C1CCN(C(=O)c2ccc(C(F)(F)F)nc2)C1. The van der Waals surface area contributed by atoms with E-state index in [0.717, 1.165) is 18.3 Å². The fraction of sp³-hybridized carbons (Fsp3) is 0.462. The van der Waals surface area contributed by atoms with Gasteiger partial charge in [-0.05, 0) is 18.6 Å². The molecule has 5 nitrogen and oxygen atoms in total. The lowest BCUT2D eigenvalue weighted by Gasteiger charge is -2.16. The second-order valence-electron chi connectivity index (χ2n) is 4.69.